The Bertz CT molecular complexity index is 355. The Balaban J connectivity index is 2.25. The van der Waals surface area contributed by atoms with E-state index in [0.29, 0.717) is 6.61 Å². The highest BCUT2D eigenvalue weighted by atomic mass is 32.1. The zero-order valence-electron chi connectivity index (χ0n) is 9.04. The molecule has 1 aliphatic rings. The number of fused-ring (bicyclic) bond motifs is 1. The molecule has 82 valence electrons. The number of aryl methyl sites for hydroxylation is 1. The molecule has 0 saturated carbocycles. The van der Waals surface area contributed by atoms with Crippen LogP contribution >= 0.6 is 11.3 Å². The Morgan fingerprint density at radius 3 is 3.00 bits per heavy atom. The first-order valence-electron chi connectivity index (χ1n) is 5.59. The van der Waals surface area contributed by atoms with Gasteiger partial charge in [-0.25, -0.2) is 4.79 Å². The van der Waals surface area contributed by atoms with Gasteiger partial charge in [-0.05, 0) is 38.2 Å². The van der Waals surface area contributed by atoms with Crippen LogP contribution in [-0.4, -0.2) is 12.6 Å². The standard InChI is InChI=1S/C12H16O2S/c1-2-14-12(13)10-8-15-11-7-5-3-4-6-9(10)11/h8H,2-7H2,1H3. The molecule has 0 atom stereocenters. The van der Waals surface area contributed by atoms with Gasteiger partial charge in [-0.1, -0.05) is 6.42 Å². The fourth-order valence-electron chi connectivity index (χ4n) is 2.05. The smallest absolute Gasteiger partial charge is 0.339 e. The first-order valence-corrected chi connectivity index (χ1v) is 6.47. The van der Waals surface area contributed by atoms with Crippen molar-refractivity contribution in [2.24, 2.45) is 0 Å². The second kappa shape index (κ2) is 4.79. The van der Waals surface area contributed by atoms with Crippen LogP contribution in [0.3, 0.4) is 0 Å². The summed E-state index contributed by atoms with van der Waals surface area (Å²) in [6.45, 7) is 2.31. The van der Waals surface area contributed by atoms with E-state index in [1.54, 1.807) is 11.3 Å². The van der Waals surface area contributed by atoms with Gasteiger partial charge in [0.1, 0.15) is 0 Å². The zero-order valence-corrected chi connectivity index (χ0v) is 9.86. The highest BCUT2D eigenvalue weighted by Gasteiger charge is 2.19. The molecule has 0 bridgehead atoms. The van der Waals surface area contributed by atoms with E-state index >= 15 is 0 Å². The summed E-state index contributed by atoms with van der Waals surface area (Å²) >= 11 is 1.72. The number of carbonyl (C=O) groups excluding carboxylic acids is 1. The SMILES string of the molecule is CCOC(=O)c1csc2c1CCCCC2. The average molecular weight is 224 g/mol. The summed E-state index contributed by atoms with van der Waals surface area (Å²) in [5, 5.41) is 1.97. The van der Waals surface area contributed by atoms with Crippen molar-refractivity contribution >= 4 is 17.3 Å². The molecule has 3 heteroatoms. The molecule has 1 aromatic rings. The van der Waals surface area contributed by atoms with Gasteiger partial charge in [-0.3, -0.25) is 0 Å². The fraction of sp³-hybridized carbons (Fsp3) is 0.583. The van der Waals surface area contributed by atoms with E-state index in [0.717, 1.165) is 18.4 Å². The second-order valence-corrected chi connectivity index (χ2v) is 4.80. The van der Waals surface area contributed by atoms with Gasteiger partial charge in [0.15, 0.2) is 0 Å². The van der Waals surface area contributed by atoms with Gasteiger partial charge in [0.2, 0.25) is 0 Å². The van der Waals surface area contributed by atoms with Gasteiger partial charge in [0, 0.05) is 10.3 Å². The Morgan fingerprint density at radius 1 is 1.40 bits per heavy atom. The lowest BCUT2D eigenvalue weighted by Gasteiger charge is -2.03. The minimum absolute atomic E-state index is 0.142. The molecule has 0 amide bonds. The molecule has 15 heavy (non-hydrogen) atoms. The lowest BCUT2D eigenvalue weighted by atomic mass is 10.1. The highest BCUT2D eigenvalue weighted by Crippen LogP contribution is 2.29. The average Bonchev–Trinajstić information content (AvgIpc) is 2.48. The molecule has 2 nitrogen and oxygen atoms in total. The summed E-state index contributed by atoms with van der Waals surface area (Å²) in [5.41, 5.74) is 2.08. The van der Waals surface area contributed by atoms with Gasteiger partial charge in [0.05, 0.1) is 12.2 Å². The van der Waals surface area contributed by atoms with Crippen LogP contribution < -0.4 is 0 Å². The molecule has 1 heterocycles. The molecular formula is C12H16O2S. The van der Waals surface area contributed by atoms with E-state index in [2.05, 4.69) is 0 Å². The Kier molecular flexibility index (Phi) is 3.41. The Labute approximate surface area is 94.3 Å². The van der Waals surface area contributed by atoms with Crippen LogP contribution in [0, 0.1) is 0 Å². The third kappa shape index (κ3) is 2.23. The van der Waals surface area contributed by atoms with Crippen molar-refractivity contribution in [2.75, 3.05) is 6.61 Å². The topological polar surface area (TPSA) is 26.3 Å². The molecule has 2 rings (SSSR count). The number of thiophene rings is 1. The van der Waals surface area contributed by atoms with E-state index in [9.17, 15) is 4.79 Å². The first kappa shape index (κ1) is 10.7. The van der Waals surface area contributed by atoms with Crippen LogP contribution in [0.25, 0.3) is 0 Å². The lowest BCUT2D eigenvalue weighted by molar-refractivity contribution is 0.0525. The minimum Gasteiger partial charge on any atom is -0.462 e. The maximum atomic E-state index is 11.7. The number of rotatable bonds is 2. The Morgan fingerprint density at radius 2 is 2.20 bits per heavy atom. The number of esters is 1. The summed E-state index contributed by atoms with van der Waals surface area (Å²) in [4.78, 5) is 13.1. The van der Waals surface area contributed by atoms with E-state index in [4.69, 9.17) is 4.74 Å². The molecule has 1 aliphatic carbocycles. The van der Waals surface area contributed by atoms with Crippen LogP contribution in [0.15, 0.2) is 5.38 Å². The predicted molar refractivity (Wildman–Crippen MR) is 61.5 cm³/mol. The van der Waals surface area contributed by atoms with Crippen molar-refractivity contribution < 1.29 is 9.53 Å². The van der Waals surface area contributed by atoms with Crippen molar-refractivity contribution in [3.8, 4) is 0 Å². The molecule has 0 radical (unpaired) electrons. The van der Waals surface area contributed by atoms with Gasteiger partial charge < -0.3 is 4.74 Å². The van der Waals surface area contributed by atoms with Crippen LogP contribution in [0.5, 0.6) is 0 Å². The maximum absolute atomic E-state index is 11.7. The second-order valence-electron chi connectivity index (χ2n) is 3.83. The van der Waals surface area contributed by atoms with Gasteiger partial charge in [0.25, 0.3) is 0 Å². The number of hydrogen-bond acceptors (Lipinski definition) is 3. The quantitative estimate of drug-likeness (QED) is 0.569. The molecule has 0 aromatic carbocycles. The Hall–Kier alpha value is -0.830. The molecule has 0 spiro atoms. The zero-order chi connectivity index (χ0) is 10.7. The fourth-order valence-corrected chi connectivity index (χ4v) is 3.17. The van der Waals surface area contributed by atoms with Crippen LogP contribution in [-0.2, 0) is 17.6 Å². The van der Waals surface area contributed by atoms with Crippen molar-refractivity contribution in [2.45, 2.75) is 39.0 Å². The molecule has 0 saturated heterocycles. The maximum Gasteiger partial charge on any atom is 0.339 e. The van der Waals surface area contributed by atoms with E-state index in [-0.39, 0.29) is 5.97 Å². The highest BCUT2D eigenvalue weighted by molar-refractivity contribution is 7.10. The minimum atomic E-state index is -0.142. The molecule has 1 aromatic heterocycles. The molecular weight excluding hydrogens is 208 g/mol. The van der Waals surface area contributed by atoms with E-state index in [1.165, 1.54) is 29.7 Å². The predicted octanol–water partition coefficient (Wildman–Crippen LogP) is 3.19. The number of carbonyl (C=O) groups is 1. The van der Waals surface area contributed by atoms with Crippen LogP contribution in [0.2, 0.25) is 0 Å². The van der Waals surface area contributed by atoms with Crippen molar-refractivity contribution in [3.63, 3.8) is 0 Å². The normalized spacial score (nSPS) is 15.5. The van der Waals surface area contributed by atoms with E-state index in [1.807, 2.05) is 12.3 Å². The van der Waals surface area contributed by atoms with Gasteiger partial charge in [-0.15, -0.1) is 11.3 Å². The van der Waals surface area contributed by atoms with E-state index < -0.39 is 0 Å². The third-order valence-electron chi connectivity index (χ3n) is 2.81. The summed E-state index contributed by atoms with van der Waals surface area (Å²) in [6, 6.07) is 0. The summed E-state index contributed by atoms with van der Waals surface area (Å²) < 4.78 is 5.06. The van der Waals surface area contributed by atoms with Crippen molar-refractivity contribution in [1.82, 2.24) is 0 Å². The third-order valence-corrected chi connectivity index (χ3v) is 3.90. The lowest BCUT2D eigenvalue weighted by Crippen LogP contribution is -2.06. The summed E-state index contributed by atoms with van der Waals surface area (Å²) in [7, 11) is 0. The largest absolute Gasteiger partial charge is 0.462 e. The summed E-state index contributed by atoms with van der Waals surface area (Å²) in [5.74, 6) is -0.142. The molecule has 0 fully saturated rings. The van der Waals surface area contributed by atoms with Gasteiger partial charge >= 0.3 is 5.97 Å². The number of ether oxygens (including phenoxy) is 1. The summed E-state index contributed by atoms with van der Waals surface area (Å²) in [6.07, 6.45) is 5.93. The monoisotopic (exact) mass is 224 g/mol. The van der Waals surface area contributed by atoms with Crippen molar-refractivity contribution in [3.05, 3.63) is 21.4 Å². The van der Waals surface area contributed by atoms with Crippen molar-refractivity contribution in [1.29, 1.82) is 0 Å². The van der Waals surface area contributed by atoms with Gasteiger partial charge in [-0.2, -0.15) is 0 Å². The van der Waals surface area contributed by atoms with Crippen LogP contribution in [0.1, 0.15) is 47.0 Å². The first-order chi connectivity index (χ1) is 7.33. The molecule has 0 N–H and O–H groups in total. The molecule has 0 unspecified atom stereocenters. The van der Waals surface area contributed by atoms with Crippen LogP contribution in [0.4, 0.5) is 0 Å². The molecule has 0 aliphatic heterocycles. The number of hydrogen-bond donors (Lipinski definition) is 0.